The van der Waals surface area contributed by atoms with Crippen molar-refractivity contribution in [3.8, 4) is 0 Å². The monoisotopic (exact) mass is 291 g/mol. The SMILES string of the molecule is COC(=O)/C=C/C(=O)O[Si](c1ccccc1)C(C)(C)C. The van der Waals surface area contributed by atoms with Crippen LogP contribution in [0.1, 0.15) is 20.8 Å². The van der Waals surface area contributed by atoms with Gasteiger partial charge in [0, 0.05) is 12.2 Å². The number of hydrogen-bond donors (Lipinski definition) is 0. The topological polar surface area (TPSA) is 52.6 Å². The summed E-state index contributed by atoms with van der Waals surface area (Å²) in [5.41, 5.74) is 0. The Labute approximate surface area is 121 Å². The van der Waals surface area contributed by atoms with Crippen LogP contribution >= 0.6 is 0 Å². The number of hydrogen-bond acceptors (Lipinski definition) is 4. The molecule has 1 aromatic carbocycles. The van der Waals surface area contributed by atoms with E-state index >= 15 is 0 Å². The van der Waals surface area contributed by atoms with Crippen LogP contribution in [0.25, 0.3) is 0 Å². The molecule has 0 spiro atoms. The molecule has 0 saturated heterocycles. The standard InChI is InChI=1S/C15H19O4Si/c1-15(2,3)20(12-8-6-5-7-9-12)19-14(17)11-10-13(16)18-4/h5-11H,1-4H3/b11-10+. The first-order chi connectivity index (χ1) is 9.34. The third-order valence-corrected chi connectivity index (χ3v) is 5.10. The van der Waals surface area contributed by atoms with Gasteiger partial charge in [-0.2, -0.15) is 0 Å². The first-order valence-electron chi connectivity index (χ1n) is 6.25. The summed E-state index contributed by atoms with van der Waals surface area (Å²) < 4.78 is 10.00. The van der Waals surface area contributed by atoms with Gasteiger partial charge in [0.15, 0.2) is 0 Å². The maximum absolute atomic E-state index is 11.8. The minimum Gasteiger partial charge on any atom is -0.509 e. The van der Waals surface area contributed by atoms with Gasteiger partial charge in [0.25, 0.3) is 0 Å². The zero-order chi connectivity index (χ0) is 15.2. The van der Waals surface area contributed by atoms with E-state index in [1.807, 2.05) is 51.1 Å². The van der Waals surface area contributed by atoms with Crippen molar-refractivity contribution in [3.63, 3.8) is 0 Å². The Balaban J connectivity index is 2.85. The smallest absolute Gasteiger partial charge is 0.330 e. The van der Waals surface area contributed by atoms with E-state index in [4.69, 9.17) is 4.43 Å². The van der Waals surface area contributed by atoms with Gasteiger partial charge < -0.3 is 9.16 Å². The van der Waals surface area contributed by atoms with Gasteiger partial charge >= 0.3 is 21.0 Å². The summed E-state index contributed by atoms with van der Waals surface area (Å²) in [6.45, 7) is 6.10. The minimum absolute atomic E-state index is 0.152. The van der Waals surface area contributed by atoms with E-state index in [1.165, 1.54) is 7.11 Å². The lowest BCUT2D eigenvalue weighted by Gasteiger charge is -2.27. The minimum atomic E-state index is -1.54. The predicted molar refractivity (Wildman–Crippen MR) is 78.8 cm³/mol. The van der Waals surface area contributed by atoms with Crippen LogP contribution in [0.2, 0.25) is 5.04 Å². The Kier molecular flexibility index (Phi) is 5.70. The number of benzene rings is 1. The van der Waals surface area contributed by atoms with Gasteiger partial charge in [-0.15, -0.1) is 0 Å². The molecule has 0 saturated carbocycles. The fraction of sp³-hybridized carbons (Fsp3) is 0.333. The van der Waals surface area contributed by atoms with Crippen molar-refractivity contribution in [2.45, 2.75) is 25.8 Å². The average Bonchev–Trinajstić information content (AvgIpc) is 2.41. The molecule has 0 aliphatic carbocycles. The molecular weight excluding hydrogens is 272 g/mol. The van der Waals surface area contributed by atoms with Gasteiger partial charge in [-0.1, -0.05) is 51.1 Å². The molecule has 0 atom stereocenters. The normalized spacial score (nSPS) is 11.7. The average molecular weight is 291 g/mol. The Morgan fingerprint density at radius 3 is 2.10 bits per heavy atom. The Morgan fingerprint density at radius 2 is 1.60 bits per heavy atom. The Bertz CT molecular complexity index is 488. The lowest BCUT2D eigenvalue weighted by molar-refractivity contribution is -0.135. The van der Waals surface area contributed by atoms with Gasteiger partial charge in [-0.25, -0.2) is 9.59 Å². The van der Waals surface area contributed by atoms with Crippen molar-refractivity contribution in [1.29, 1.82) is 0 Å². The van der Waals surface area contributed by atoms with Gasteiger partial charge in [0.2, 0.25) is 0 Å². The molecule has 0 amide bonds. The van der Waals surface area contributed by atoms with Crippen LogP contribution < -0.4 is 5.19 Å². The van der Waals surface area contributed by atoms with Crippen LogP contribution in [0.3, 0.4) is 0 Å². The zero-order valence-electron chi connectivity index (χ0n) is 12.2. The maximum atomic E-state index is 11.8. The fourth-order valence-electron chi connectivity index (χ4n) is 1.57. The lowest BCUT2D eigenvalue weighted by atomic mass is 10.2. The Morgan fingerprint density at radius 1 is 1.05 bits per heavy atom. The van der Waals surface area contributed by atoms with E-state index in [0.29, 0.717) is 0 Å². The molecule has 107 valence electrons. The van der Waals surface area contributed by atoms with Crippen molar-refractivity contribution in [1.82, 2.24) is 0 Å². The number of esters is 1. The quantitative estimate of drug-likeness (QED) is 0.483. The third-order valence-electron chi connectivity index (χ3n) is 2.48. The third kappa shape index (κ3) is 5.01. The molecule has 5 heteroatoms. The second-order valence-electron chi connectivity index (χ2n) is 5.22. The van der Waals surface area contributed by atoms with E-state index in [1.54, 1.807) is 0 Å². The van der Waals surface area contributed by atoms with Crippen molar-refractivity contribution >= 4 is 26.2 Å². The van der Waals surface area contributed by atoms with Crippen LogP contribution in [0.4, 0.5) is 0 Å². The van der Waals surface area contributed by atoms with Crippen LogP contribution in [0.15, 0.2) is 42.5 Å². The fourth-order valence-corrected chi connectivity index (χ4v) is 3.63. The van der Waals surface area contributed by atoms with Gasteiger partial charge in [0.05, 0.1) is 7.11 Å². The molecule has 0 unspecified atom stereocenters. The van der Waals surface area contributed by atoms with E-state index in [9.17, 15) is 9.59 Å². The van der Waals surface area contributed by atoms with Crippen molar-refractivity contribution < 1.29 is 18.8 Å². The van der Waals surface area contributed by atoms with Crippen molar-refractivity contribution in [3.05, 3.63) is 42.5 Å². The van der Waals surface area contributed by atoms with Crippen LogP contribution in [0, 0.1) is 0 Å². The highest BCUT2D eigenvalue weighted by Gasteiger charge is 2.34. The highest BCUT2D eigenvalue weighted by Crippen LogP contribution is 2.27. The summed E-state index contributed by atoms with van der Waals surface area (Å²) in [4.78, 5) is 22.8. The number of methoxy groups -OCH3 is 1. The maximum Gasteiger partial charge on any atom is 0.330 e. The highest BCUT2D eigenvalue weighted by atomic mass is 28.3. The molecule has 1 rings (SSSR count). The molecule has 0 heterocycles. The van der Waals surface area contributed by atoms with E-state index in [2.05, 4.69) is 4.74 Å². The van der Waals surface area contributed by atoms with Gasteiger partial charge in [-0.05, 0) is 10.2 Å². The van der Waals surface area contributed by atoms with Crippen LogP contribution in [-0.4, -0.2) is 28.1 Å². The molecule has 20 heavy (non-hydrogen) atoms. The summed E-state index contributed by atoms with van der Waals surface area (Å²) in [7, 11) is -0.287. The van der Waals surface area contributed by atoms with Crippen LogP contribution in [0.5, 0.6) is 0 Å². The van der Waals surface area contributed by atoms with E-state index < -0.39 is 21.0 Å². The summed E-state index contributed by atoms with van der Waals surface area (Å²) in [5.74, 6) is -1.10. The molecule has 0 N–H and O–H groups in total. The lowest BCUT2D eigenvalue weighted by Crippen LogP contribution is -2.42. The van der Waals surface area contributed by atoms with Gasteiger partial charge in [-0.3, -0.25) is 0 Å². The highest BCUT2D eigenvalue weighted by molar-refractivity contribution is 6.71. The largest absolute Gasteiger partial charge is 0.509 e. The second kappa shape index (κ2) is 7.05. The van der Waals surface area contributed by atoms with E-state index in [0.717, 1.165) is 17.3 Å². The zero-order valence-corrected chi connectivity index (χ0v) is 13.2. The van der Waals surface area contributed by atoms with Crippen LogP contribution in [-0.2, 0) is 18.8 Å². The molecule has 0 aliphatic heterocycles. The second-order valence-corrected chi connectivity index (χ2v) is 8.16. The molecule has 4 nitrogen and oxygen atoms in total. The van der Waals surface area contributed by atoms with Crippen molar-refractivity contribution in [2.24, 2.45) is 0 Å². The molecule has 0 aliphatic rings. The summed E-state index contributed by atoms with van der Waals surface area (Å²) in [5, 5.41) is 0.866. The number of carbonyl (C=O) groups excluding carboxylic acids is 2. The number of rotatable bonds is 4. The molecular formula is C15H19O4Si. The molecule has 1 radical (unpaired) electrons. The number of ether oxygens (including phenoxy) is 1. The summed E-state index contributed by atoms with van der Waals surface area (Å²) in [6, 6.07) is 9.67. The van der Waals surface area contributed by atoms with E-state index in [-0.39, 0.29) is 5.04 Å². The molecule has 1 aromatic rings. The summed E-state index contributed by atoms with van der Waals surface area (Å²) in [6.07, 6.45) is 2.17. The first-order valence-corrected chi connectivity index (χ1v) is 7.66. The van der Waals surface area contributed by atoms with Gasteiger partial charge in [0.1, 0.15) is 0 Å². The Hall–Kier alpha value is -1.88. The molecule has 0 bridgehead atoms. The predicted octanol–water partition coefficient (Wildman–Crippen LogP) is 1.96. The first kappa shape index (κ1) is 16.2. The molecule has 0 aromatic heterocycles. The van der Waals surface area contributed by atoms with Crippen molar-refractivity contribution in [2.75, 3.05) is 7.11 Å². The molecule has 0 fully saturated rings. The number of carbonyl (C=O) groups is 2. The summed E-state index contributed by atoms with van der Waals surface area (Å²) >= 11 is 0.